The molecule has 0 bridgehead atoms. The standard InChI is InChI=1S/C24H21NO/c1-3-9-19(10-4-1)15-18-24(21-12-5-2-6-13-21)26-25-23-17-16-20-11-7-8-14-22(20)23/h1-15,18,24H,16-17H2/b18-15+,25-23+/t24-/m0/s1. The van der Waals surface area contributed by atoms with Gasteiger partial charge in [0.15, 0.2) is 6.10 Å². The van der Waals surface area contributed by atoms with Gasteiger partial charge in [-0.1, -0.05) is 96.2 Å². The second-order valence-corrected chi connectivity index (χ2v) is 6.40. The molecule has 0 unspecified atom stereocenters. The highest BCUT2D eigenvalue weighted by molar-refractivity contribution is 6.04. The molecule has 1 aliphatic carbocycles. The topological polar surface area (TPSA) is 21.6 Å². The molecule has 4 rings (SSSR count). The van der Waals surface area contributed by atoms with E-state index in [1.165, 1.54) is 11.1 Å². The number of rotatable bonds is 5. The second kappa shape index (κ2) is 7.83. The van der Waals surface area contributed by atoms with Crippen LogP contribution in [0.4, 0.5) is 0 Å². The molecule has 0 spiro atoms. The van der Waals surface area contributed by atoms with E-state index >= 15 is 0 Å². The molecule has 1 atom stereocenters. The van der Waals surface area contributed by atoms with Gasteiger partial charge in [0, 0.05) is 5.56 Å². The Morgan fingerprint density at radius 1 is 0.769 bits per heavy atom. The third-order valence-corrected chi connectivity index (χ3v) is 4.63. The molecule has 0 heterocycles. The van der Waals surface area contributed by atoms with E-state index in [4.69, 9.17) is 4.84 Å². The van der Waals surface area contributed by atoms with E-state index < -0.39 is 0 Å². The number of fused-ring (bicyclic) bond motifs is 1. The van der Waals surface area contributed by atoms with Crippen molar-refractivity contribution in [2.75, 3.05) is 0 Å². The maximum Gasteiger partial charge on any atom is 0.171 e. The van der Waals surface area contributed by atoms with Crippen LogP contribution in [0.25, 0.3) is 6.08 Å². The van der Waals surface area contributed by atoms with Gasteiger partial charge >= 0.3 is 0 Å². The van der Waals surface area contributed by atoms with Crippen LogP contribution >= 0.6 is 0 Å². The normalized spacial score (nSPS) is 15.9. The monoisotopic (exact) mass is 339 g/mol. The van der Waals surface area contributed by atoms with Crippen LogP contribution in [-0.2, 0) is 11.3 Å². The van der Waals surface area contributed by atoms with E-state index in [1.54, 1.807) is 0 Å². The average Bonchev–Trinajstić information content (AvgIpc) is 3.13. The van der Waals surface area contributed by atoms with Crippen LogP contribution in [0.3, 0.4) is 0 Å². The third-order valence-electron chi connectivity index (χ3n) is 4.63. The van der Waals surface area contributed by atoms with Crippen molar-refractivity contribution in [3.8, 4) is 0 Å². The minimum atomic E-state index is -0.211. The highest BCUT2D eigenvalue weighted by atomic mass is 16.6. The summed E-state index contributed by atoms with van der Waals surface area (Å²) in [5.41, 5.74) is 5.85. The fourth-order valence-electron chi connectivity index (χ4n) is 3.24. The lowest BCUT2D eigenvalue weighted by atomic mass is 10.1. The van der Waals surface area contributed by atoms with E-state index in [0.717, 1.165) is 29.7 Å². The fraction of sp³-hybridized carbons (Fsp3) is 0.125. The largest absolute Gasteiger partial charge is 0.383 e. The van der Waals surface area contributed by atoms with Gasteiger partial charge in [-0.3, -0.25) is 0 Å². The van der Waals surface area contributed by atoms with Crippen LogP contribution in [0.5, 0.6) is 0 Å². The molecule has 0 fully saturated rings. The number of oxime groups is 1. The Labute approximate surface area is 154 Å². The van der Waals surface area contributed by atoms with Gasteiger partial charge < -0.3 is 4.84 Å². The zero-order valence-electron chi connectivity index (χ0n) is 14.6. The zero-order chi connectivity index (χ0) is 17.6. The predicted octanol–water partition coefficient (Wildman–Crippen LogP) is 5.81. The first kappa shape index (κ1) is 16.3. The van der Waals surface area contributed by atoms with Crippen LogP contribution in [-0.4, -0.2) is 5.71 Å². The highest BCUT2D eigenvalue weighted by Crippen LogP contribution is 2.25. The predicted molar refractivity (Wildman–Crippen MR) is 107 cm³/mol. The minimum Gasteiger partial charge on any atom is -0.383 e. The molecular weight excluding hydrogens is 318 g/mol. The molecule has 1 aliphatic rings. The van der Waals surface area contributed by atoms with Crippen LogP contribution in [0, 0.1) is 0 Å². The quantitative estimate of drug-likeness (QED) is 0.538. The lowest BCUT2D eigenvalue weighted by Crippen LogP contribution is -2.01. The molecular formula is C24H21NO. The van der Waals surface area contributed by atoms with Crippen LogP contribution in [0.1, 0.15) is 34.8 Å². The van der Waals surface area contributed by atoms with Gasteiger partial charge in [-0.25, -0.2) is 0 Å². The summed E-state index contributed by atoms with van der Waals surface area (Å²) in [6.45, 7) is 0. The van der Waals surface area contributed by atoms with E-state index in [2.05, 4.69) is 65.8 Å². The molecule has 26 heavy (non-hydrogen) atoms. The third kappa shape index (κ3) is 3.75. The molecule has 0 aliphatic heterocycles. The van der Waals surface area contributed by atoms with Gasteiger partial charge in [-0.05, 0) is 35.6 Å². The number of hydrogen-bond acceptors (Lipinski definition) is 2. The van der Waals surface area contributed by atoms with Gasteiger partial charge in [0.2, 0.25) is 0 Å². The van der Waals surface area contributed by atoms with Crippen molar-refractivity contribution in [3.63, 3.8) is 0 Å². The summed E-state index contributed by atoms with van der Waals surface area (Å²) in [6.07, 6.45) is 5.91. The summed E-state index contributed by atoms with van der Waals surface area (Å²) in [6, 6.07) is 28.9. The van der Waals surface area contributed by atoms with Gasteiger partial charge in [-0.15, -0.1) is 0 Å². The molecule has 0 aromatic heterocycles. The minimum absolute atomic E-state index is 0.211. The zero-order valence-corrected chi connectivity index (χ0v) is 14.6. The van der Waals surface area contributed by atoms with Crippen molar-refractivity contribution in [3.05, 3.63) is 113 Å². The molecule has 2 heteroatoms. The Hall–Kier alpha value is -3.13. The summed E-state index contributed by atoms with van der Waals surface area (Å²) in [7, 11) is 0. The molecule has 128 valence electrons. The molecule has 0 amide bonds. The van der Waals surface area contributed by atoms with Gasteiger partial charge in [0.25, 0.3) is 0 Å². The number of nitrogens with zero attached hydrogens (tertiary/aromatic N) is 1. The molecule has 0 saturated carbocycles. The van der Waals surface area contributed by atoms with E-state index in [1.807, 2.05) is 36.4 Å². The van der Waals surface area contributed by atoms with Crippen molar-refractivity contribution in [2.24, 2.45) is 5.16 Å². The van der Waals surface area contributed by atoms with Gasteiger partial charge in [-0.2, -0.15) is 0 Å². The molecule has 2 nitrogen and oxygen atoms in total. The molecule has 0 N–H and O–H groups in total. The SMILES string of the molecule is C(=C\[C@H](O/N=C1\CCc2ccccc21)c1ccccc1)/c1ccccc1. The van der Waals surface area contributed by atoms with Crippen molar-refractivity contribution >= 4 is 11.8 Å². The van der Waals surface area contributed by atoms with Crippen LogP contribution < -0.4 is 0 Å². The lowest BCUT2D eigenvalue weighted by Gasteiger charge is -2.12. The first-order valence-electron chi connectivity index (χ1n) is 8.99. The second-order valence-electron chi connectivity index (χ2n) is 6.40. The molecule has 0 saturated heterocycles. The van der Waals surface area contributed by atoms with Crippen molar-refractivity contribution in [2.45, 2.75) is 18.9 Å². The maximum atomic E-state index is 5.99. The summed E-state index contributed by atoms with van der Waals surface area (Å²) >= 11 is 0. The highest BCUT2D eigenvalue weighted by Gasteiger charge is 2.18. The Morgan fingerprint density at radius 2 is 1.46 bits per heavy atom. The Kier molecular flexibility index (Phi) is 4.92. The summed E-state index contributed by atoms with van der Waals surface area (Å²) in [4.78, 5) is 5.99. The van der Waals surface area contributed by atoms with E-state index in [-0.39, 0.29) is 6.10 Å². The first-order chi connectivity index (χ1) is 12.9. The molecule has 3 aromatic carbocycles. The molecule has 0 radical (unpaired) electrons. The van der Waals surface area contributed by atoms with Crippen LogP contribution in [0.2, 0.25) is 0 Å². The summed E-state index contributed by atoms with van der Waals surface area (Å²) in [5, 5.41) is 4.52. The lowest BCUT2D eigenvalue weighted by molar-refractivity contribution is 0.0932. The Balaban J connectivity index is 1.58. The maximum absolute atomic E-state index is 5.99. The number of aryl methyl sites for hydroxylation is 1. The van der Waals surface area contributed by atoms with Gasteiger partial charge in [0.05, 0.1) is 5.71 Å². The Morgan fingerprint density at radius 3 is 2.27 bits per heavy atom. The van der Waals surface area contributed by atoms with E-state index in [9.17, 15) is 0 Å². The van der Waals surface area contributed by atoms with Gasteiger partial charge in [0.1, 0.15) is 0 Å². The van der Waals surface area contributed by atoms with Crippen molar-refractivity contribution in [1.29, 1.82) is 0 Å². The summed E-state index contributed by atoms with van der Waals surface area (Å²) < 4.78 is 0. The van der Waals surface area contributed by atoms with Crippen LogP contribution in [0.15, 0.2) is 96.2 Å². The Bertz CT molecular complexity index is 913. The van der Waals surface area contributed by atoms with E-state index in [0.29, 0.717) is 0 Å². The fourth-order valence-corrected chi connectivity index (χ4v) is 3.24. The first-order valence-corrected chi connectivity index (χ1v) is 8.99. The van der Waals surface area contributed by atoms with Crippen molar-refractivity contribution in [1.82, 2.24) is 0 Å². The smallest absolute Gasteiger partial charge is 0.171 e. The van der Waals surface area contributed by atoms with Crippen molar-refractivity contribution < 1.29 is 4.84 Å². The summed E-state index contributed by atoms with van der Waals surface area (Å²) in [5.74, 6) is 0. The number of hydrogen-bond donors (Lipinski definition) is 0. The average molecular weight is 339 g/mol. The molecule has 3 aromatic rings. The number of benzene rings is 3.